The number of carboxylic acid groups (broad SMARTS) is 1. The third-order valence-electron chi connectivity index (χ3n) is 6.48. The van der Waals surface area contributed by atoms with Crippen molar-refractivity contribution in [3.05, 3.63) is 66.1 Å². The molecule has 1 heterocycles. The minimum absolute atomic E-state index is 0.168. The maximum absolute atomic E-state index is 13.7. The number of carbonyl (C=O) groups is 2. The molecule has 204 valence electrons. The first-order chi connectivity index (χ1) is 18.4. The van der Waals surface area contributed by atoms with Crippen LogP contribution in [0.1, 0.15) is 82.1 Å². The van der Waals surface area contributed by atoms with Crippen molar-refractivity contribution in [2.45, 2.75) is 78.2 Å². The molecule has 0 unspecified atom stereocenters. The zero-order valence-corrected chi connectivity index (χ0v) is 22.6. The molecule has 0 aliphatic carbocycles. The smallest absolute Gasteiger partial charge is 0.303 e. The van der Waals surface area contributed by atoms with E-state index < -0.39 is 5.97 Å². The van der Waals surface area contributed by atoms with E-state index in [0.29, 0.717) is 36.0 Å². The molecule has 1 aromatic heterocycles. The lowest BCUT2D eigenvalue weighted by Crippen LogP contribution is -2.28. The highest BCUT2D eigenvalue weighted by atomic mass is 19.1. The van der Waals surface area contributed by atoms with Crippen LogP contribution in [0.4, 0.5) is 4.39 Å². The average Bonchev–Trinajstić information content (AvgIpc) is 3.26. The number of carboxylic acids is 1. The Morgan fingerprint density at radius 2 is 1.47 bits per heavy atom. The van der Waals surface area contributed by atoms with Crippen LogP contribution in [0, 0.1) is 11.7 Å². The first-order valence-corrected chi connectivity index (χ1v) is 13.8. The topological polar surface area (TPSA) is 84.2 Å². The zero-order valence-electron chi connectivity index (χ0n) is 22.6. The molecule has 2 N–H and O–H groups in total. The number of amides is 1. The van der Waals surface area contributed by atoms with E-state index in [1.807, 2.05) is 34.9 Å². The van der Waals surface area contributed by atoms with Gasteiger partial charge >= 0.3 is 5.97 Å². The second-order valence-electron chi connectivity index (χ2n) is 10.2. The van der Waals surface area contributed by atoms with Crippen molar-refractivity contribution in [3.63, 3.8) is 0 Å². The largest absolute Gasteiger partial charge is 0.481 e. The van der Waals surface area contributed by atoms with Crippen LogP contribution in [-0.4, -0.2) is 33.1 Å². The Balaban J connectivity index is 1.67. The minimum atomic E-state index is -0.722. The van der Waals surface area contributed by atoms with Crippen LogP contribution in [0.25, 0.3) is 22.6 Å². The van der Waals surface area contributed by atoms with Gasteiger partial charge in [0, 0.05) is 30.6 Å². The maximum atomic E-state index is 13.7. The van der Waals surface area contributed by atoms with Crippen molar-refractivity contribution in [3.8, 4) is 22.6 Å². The Kier molecular flexibility index (Phi) is 11.5. The summed E-state index contributed by atoms with van der Waals surface area (Å²) < 4.78 is 15.7. The molecule has 0 bridgehead atoms. The van der Waals surface area contributed by atoms with Crippen LogP contribution in [0.15, 0.2) is 54.6 Å². The van der Waals surface area contributed by atoms with Gasteiger partial charge in [0.25, 0.3) is 5.91 Å². The van der Waals surface area contributed by atoms with Gasteiger partial charge in [-0.15, -0.1) is 0 Å². The number of imidazole rings is 1. The normalized spacial score (nSPS) is 11.2. The van der Waals surface area contributed by atoms with Crippen LogP contribution in [-0.2, 0) is 11.3 Å². The second-order valence-corrected chi connectivity index (χ2v) is 10.2. The first-order valence-electron chi connectivity index (χ1n) is 13.8. The van der Waals surface area contributed by atoms with E-state index in [4.69, 9.17) is 10.1 Å². The number of rotatable bonds is 16. The fourth-order valence-corrected chi connectivity index (χ4v) is 4.59. The lowest BCUT2D eigenvalue weighted by Gasteiger charge is -2.15. The summed E-state index contributed by atoms with van der Waals surface area (Å²) >= 11 is 0. The summed E-state index contributed by atoms with van der Waals surface area (Å²) in [4.78, 5) is 29.0. The molecule has 38 heavy (non-hydrogen) atoms. The fourth-order valence-electron chi connectivity index (χ4n) is 4.59. The summed E-state index contributed by atoms with van der Waals surface area (Å²) in [5.41, 5.74) is 2.70. The van der Waals surface area contributed by atoms with Crippen LogP contribution in [0.2, 0.25) is 0 Å². The number of hydrogen-bond donors (Lipinski definition) is 2. The number of nitrogens with zero attached hydrogens (tertiary/aromatic N) is 2. The van der Waals surface area contributed by atoms with Gasteiger partial charge in [0.05, 0.1) is 0 Å². The molecule has 0 saturated carbocycles. The molecule has 0 radical (unpaired) electrons. The van der Waals surface area contributed by atoms with Gasteiger partial charge in [-0.05, 0) is 43.0 Å². The second kappa shape index (κ2) is 15.1. The van der Waals surface area contributed by atoms with E-state index in [9.17, 15) is 14.0 Å². The Morgan fingerprint density at radius 1 is 0.868 bits per heavy atom. The highest BCUT2D eigenvalue weighted by Crippen LogP contribution is 2.30. The van der Waals surface area contributed by atoms with Crippen LogP contribution < -0.4 is 5.32 Å². The van der Waals surface area contributed by atoms with Gasteiger partial charge in [0.1, 0.15) is 23.0 Å². The summed E-state index contributed by atoms with van der Waals surface area (Å²) in [5, 5.41) is 11.8. The van der Waals surface area contributed by atoms with Crippen molar-refractivity contribution >= 4 is 11.9 Å². The summed E-state index contributed by atoms with van der Waals surface area (Å²) in [5.74, 6) is -0.195. The van der Waals surface area contributed by atoms with Gasteiger partial charge in [-0.1, -0.05) is 82.7 Å². The molecule has 0 aliphatic rings. The van der Waals surface area contributed by atoms with Crippen LogP contribution in [0.5, 0.6) is 0 Å². The summed E-state index contributed by atoms with van der Waals surface area (Å²) in [6, 6.07) is 16.0. The maximum Gasteiger partial charge on any atom is 0.303 e. The molecular weight excluding hydrogens is 481 g/mol. The first kappa shape index (κ1) is 29.1. The fraction of sp³-hybridized carbons (Fsp3) is 0.452. The number of hydrogen-bond acceptors (Lipinski definition) is 3. The van der Waals surface area contributed by atoms with E-state index in [1.54, 1.807) is 12.1 Å². The van der Waals surface area contributed by atoms with E-state index >= 15 is 0 Å². The predicted octanol–water partition coefficient (Wildman–Crippen LogP) is 7.34. The standard InChI is InChI=1S/C31H40FN3O3/c1-23(2)22-35-29(31(38)33-21-13-8-6-4-3-5-7-12-16-27(36)37)28(24-17-19-26(32)20-18-24)34-30(35)25-14-10-9-11-15-25/h9-11,14-15,17-20,23H,3-8,12-13,16,21-22H2,1-2H3,(H,33,38)(H,36,37). The van der Waals surface area contributed by atoms with Gasteiger partial charge in [-0.25, -0.2) is 9.37 Å². The third kappa shape index (κ3) is 8.82. The monoisotopic (exact) mass is 521 g/mol. The van der Waals surface area contributed by atoms with Crippen molar-refractivity contribution in [1.82, 2.24) is 14.9 Å². The Morgan fingerprint density at radius 3 is 2.08 bits per heavy atom. The number of aliphatic carboxylic acids is 1. The van der Waals surface area contributed by atoms with Gasteiger partial charge in [0.15, 0.2) is 0 Å². The number of halogens is 1. The van der Waals surface area contributed by atoms with E-state index in [2.05, 4.69) is 19.2 Å². The number of aromatic nitrogens is 2. The Labute approximate surface area is 225 Å². The number of benzene rings is 2. The molecule has 2 aromatic carbocycles. The number of nitrogens with one attached hydrogen (secondary N) is 1. The van der Waals surface area contributed by atoms with Crippen molar-refractivity contribution in [2.24, 2.45) is 5.92 Å². The van der Waals surface area contributed by atoms with Gasteiger partial charge in [-0.2, -0.15) is 0 Å². The van der Waals surface area contributed by atoms with E-state index in [1.165, 1.54) is 12.1 Å². The van der Waals surface area contributed by atoms with Gasteiger partial charge in [-0.3, -0.25) is 9.59 Å². The van der Waals surface area contributed by atoms with Crippen LogP contribution >= 0.6 is 0 Å². The lowest BCUT2D eigenvalue weighted by molar-refractivity contribution is -0.137. The van der Waals surface area contributed by atoms with E-state index in [-0.39, 0.29) is 18.1 Å². The molecule has 0 atom stereocenters. The summed E-state index contributed by atoms with van der Waals surface area (Å²) in [6.45, 7) is 5.43. The highest BCUT2D eigenvalue weighted by Gasteiger charge is 2.25. The highest BCUT2D eigenvalue weighted by molar-refractivity contribution is 5.99. The number of carbonyl (C=O) groups excluding carboxylic acids is 1. The molecule has 1 amide bonds. The minimum Gasteiger partial charge on any atom is -0.481 e. The lowest BCUT2D eigenvalue weighted by atomic mass is 10.1. The van der Waals surface area contributed by atoms with Gasteiger partial charge in [0.2, 0.25) is 0 Å². The summed E-state index contributed by atoms with van der Waals surface area (Å²) in [7, 11) is 0. The Bertz CT molecular complexity index is 1160. The molecule has 0 spiro atoms. The third-order valence-corrected chi connectivity index (χ3v) is 6.48. The van der Waals surface area contributed by atoms with E-state index in [0.717, 1.165) is 62.8 Å². The van der Waals surface area contributed by atoms with Gasteiger partial charge < -0.3 is 15.0 Å². The molecule has 0 saturated heterocycles. The molecule has 6 nitrogen and oxygen atoms in total. The molecule has 3 aromatic rings. The molecule has 7 heteroatoms. The molecule has 3 rings (SSSR count). The van der Waals surface area contributed by atoms with Crippen LogP contribution in [0.3, 0.4) is 0 Å². The SMILES string of the molecule is CC(C)Cn1c(-c2ccccc2)nc(-c2ccc(F)cc2)c1C(=O)NCCCCCCCCCCC(=O)O. The Hall–Kier alpha value is -3.48. The molecule has 0 aliphatic heterocycles. The quantitative estimate of drug-likeness (QED) is 0.193. The average molecular weight is 522 g/mol. The molecule has 0 fully saturated rings. The van der Waals surface area contributed by atoms with Crippen molar-refractivity contribution < 1.29 is 19.1 Å². The van der Waals surface area contributed by atoms with Crippen molar-refractivity contribution in [2.75, 3.05) is 6.54 Å². The summed E-state index contributed by atoms with van der Waals surface area (Å²) in [6.07, 6.45) is 8.29. The predicted molar refractivity (Wildman–Crippen MR) is 149 cm³/mol. The van der Waals surface area contributed by atoms with Crippen molar-refractivity contribution in [1.29, 1.82) is 0 Å². The number of unbranched alkanes of at least 4 members (excludes halogenated alkanes) is 7. The molecular formula is C31H40FN3O3. The zero-order chi connectivity index (χ0) is 27.3.